The van der Waals surface area contributed by atoms with E-state index in [-0.39, 0.29) is 17.1 Å². The average molecular weight is 438 g/mol. The number of rotatable bonds is 8. The van der Waals surface area contributed by atoms with Crippen LogP contribution in [0.15, 0.2) is 46.9 Å². The van der Waals surface area contributed by atoms with E-state index in [1.807, 2.05) is 17.5 Å². The lowest BCUT2D eigenvalue weighted by Gasteiger charge is -2.16. The maximum Gasteiger partial charge on any atom is 0.387 e. The number of aromatic nitrogens is 3. The summed E-state index contributed by atoms with van der Waals surface area (Å²) in [5.41, 5.74) is 1.00. The van der Waals surface area contributed by atoms with Gasteiger partial charge in [-0.3, -0.25) is 4.57 Å². The molecule has 0 saturated carbocycles. The molecule has 3 heterocycles. The van der Waals surface area contributed by atoms with Gasteiger partial charge in [-0.05, 0) is 48.9 Å². The standard InChI is InChI=1S/C20H21F2N3O2S2/c1-13(14-6-8-15(9-7-14)27-19(21)22)29-20-24-23-18(17-5-3-11-28-17)25(20)12-16-4-2-10-26-16/h3,5-9,11,13,16,19H,2,4,10,12H2,1H3. The van der Waals surface area contributed by atoms with Crippen LogP contribution in [0.5, 0.6) is 5.75 Å². The van der Waals surface area contributed by atoms with Crippen molar-refractivity contribution in [3.05, 3.63) is 47.3 Å². The Morgan fingerprint density at radius 2 is 2.10 bits per heavy atom. The zero-order valence-electron chi connectivity index (χ0n) is 15.8. The molecule has 0 aliphatic carbocycles. The van der Waals surface area contributed by atoms with E-state index in [1.54, 1.807) is 47.4 Å². The van der Waals surface area contributed by atoms with Gasteiger partial charge in [0.05, 0.1) is 17.5 Å². The minimum Gasteiger partial charge on any atom is -0.435 e. The molecular weight excluding hydrogens is 416 g/mol. The molecule has 2 unspecified atom stereocenters. The topological polar surface area (TPSA) is 49.2 Å². The highest BCUT2D eigenvalue weighted by Gasteiger charge is 2.23. The highest BCUT2D eigenvalue weighted by Crippen LogP contribution is 2.37. The van der Waals surface area contributed by atoms with Crippen molar-refractivity contribution in [1.82, 2.24) is 14.8 Å². The Morgan fingerprint density at radius 3 is 2.76 bits per heavy atom. The van der Waals surface area contributed by atoms with Gasteiger partial charge >= 0.3 is 6.61 Å². The predicted octanol–water partition coefficient (Wildman–Crippen LogP) is 5.64. The van der Waals surface area contributed by atoms with Crippen LogP contribution in [0.1, 0.15) is 30.6 Å². The summed E-state index contributed by atoms with van der Waals surface area (Å²) in [7, 11) is 0. The van der Waals surface area contributed by atoms with Gasteiger partial charge in [-0.2, -0.15) is 8.78 Å². The van der Waals surface area contributed by atoms with E-state index in [9.17, 15) is 8.78 Å². The normalized spacial score (nSPS) is 17.7. The number of benzene rings is 1. The summed E-state index contributed by atoms with van der Waals surface area (Å²) in [5, 5.41) is 11.8. The first-order valence-corrected chi connectivity index (χ1v) is 11.2. The maximum absolute atomic E-state index is 12.3. The molecule has 1 saturated heterocycles. The van der Waals surface area contributed by atoms with Crippen molar-refractivity contribution in [3.63, 3.8) is 0 Å². The summed E-state index contributed by atoms with van der Waals surface area (Å²) >= 11 is 3.23. The van der Waals surface area contributed by atoms with Crippen molar-refractivity contribution in [2.75, 3.05) is 6.61 Å². The fourth-order valence-corrected chi connectivity index (χ4v) is 4.97. The molecule has 5 nitrogen and oxygen atoms in total. The second kappa shape index (κ2) is 9.23. The zero-order chi connectivity index (χ0) is 20.2. The number of nitrogens with zero attached hydrogens (tertiary/aromatic N) is 3. The van der Waals surface area contributed by atoms with Crippen LogP contribution in [0.25, 0.3) is 10.7 Å². The average Bonchev–Trinajstić information content (AvgIpc) is 3.45. The van der Waals surface area contributed by atoms with Crippen molar-refractivity contribution in [2.45, 2.75) is 49.4 Å². The first kappa shape index (κ1) is 20.3. The Labute approximate surface area is 176 Å². The molecule has 1 aliphatic heterocycles. The molecule has 1 fully saturated rings. The van der Waals surface area contributed by atoms with Crippen molar-refractivity contribution in [2.24, 2.45) is 0 Å². The van der Waals surface area contributed by atoms with Crippen LogP contribution >= 0.6 is 23.1 Å². The van der Waals surface area contributed by atoms with E-state index < -0.39 is 6.61 Å². The Balaban J connectivity index is 1.54. The van der Waals surface area contributed by atoms with Gasteiger partial charge in [0.15, 0.2) is 11.0 Å². The fourth-order valence-electron chi connectivity index (χ4n) is 3.27. The number of thiophene rings is 1. The van der Waals surface area contributed by atoms with Gasteiger partial charge in [0.25, 0.3) is 0 Å². The fraction of sp³-hybridized carbons (Fsp3) is 0.400. The Kier molecular flexibility index (Phi) is 6.46. The van der Waals surface area contributed by atoms with Crippen molar-refractivity contribution < 1.29 is 18.3 Å². The van der Waals surface area contributed by atoms with Gasteiger partial charge in [-0.1, -0.05) is 30.0 Å². The molecule has 2 aromatic heterocycles. The molecule has 29 heavy (non-hydrogen) atoms. The molecule has 4 rings (SSSR count). The van der Waals surface area contributed by atoms with Gasteiger partial charge in [-0.15, -0.1) is 21.5 Å². The van der Waals surface area contributed by atoms with E-state index >= 15 is 0 Å². The van der Waals surface area contributed by atoms with Crippen LogP contribution in [0.4, 0.5) is 8.78 Å². The lowest BCUT2D eigenvalue weighted by atomic mass is 10.2. The molecule has 0 bridgehead atoms. The van der Waals surface area contributed by atoms with Crippen LogP contribution < -0.4 is 4.74 Å². The Bertz CT molecular complexity index is 910. The van der Waals surface area contributed by atoms with Crippen molar-refractivity contribution in [1.29, 1.82) is 0 Å². The third-order valence-corrected chi connectivity index (χ3v) is 6.73. The van der Waals surface area contributed by atoms with Crippen LogP contribution in [-0.2, 0) is 11.3 Å². The van der Waals surface area contributed by atoms with Crippen LogP contribution in [0.3, 0.4) is 0 Å². The van der Waals surface area contributed by atoms with Crippen LogP contribution in [0, 0.1) is 0 Å². The summed E-state index contributed by atoms with van der Waals surface area (Å²) < 4.78 is 37.1. The highest BCUT2D eigenvalue weighted by atomic mass is 32.2. The van der Waals surface area contributed by atoms with Gasteiger partial charge in [0, 0.05) is 11.9 Å². The minimum absolute atomic E-state index is 0.0687. The Hall–Kier alpha value is -1.97. The quantitative estimate of drug-likeness (QED) is 0.427. The number of halogens is 2. The molecule has 0 spiro atoms. The minimum atomic E-state index is -2.82. The third kappa shape index (κ3) is 4.96. The Morgan fingerprint density at radius 1 is 1.28 bits per heavy atom. The molecule has 3 aromatic rings. The molecule has 0 radical (unpaired) electrons. The zero-order valence-corrected chi connectivity index (χ0v) is 17.5. The second-order valence-electron chi connectivity index (χ2n) is 6.74. The summed E-state index contributed by atoms with van der Waals surface area (Å²) in [6.07, 6.45) is 2.28. The lowest BCUT2D eigenvalue weighted by Crippen LogP contribution is -2.16. The van der Waals surface area contributed by atoms with Gasteiger partial charge in [0.2, 0.25) is 0 Å². The van der Waals surface area contributed by atoms with Crippen LogP contribution in [-0.4, -0.2) is 34.1 Å². The molecule has 2 atom stereocenters. The molecule has 154 valence electrons. The summed E-state index contributed by atoms with van der Waals surface area (Å²) in [6, 6.07) is 10.8. The smallest absolute Gasteiger partial charge is 0.387 e. The summed E-state index contributed by atoms with van der Waals surface area (Å²) in [5.74, 6) is 1.01. The lowest BCUT2D eigenvalue weighted by molar-refractivity contribution is -0.0498. The molecule has 0 amide bonds. The van der Waals surface area contributed by atoms with E-state index in [0.717, 1.165) is 47.4 Å². The number of hydrogen-bond acceptors (Lipinski definition) is 6. The largest absolute Gasteiger partial charge is 0.435 e. The van der Waals surface area contributed by atoms with Gasteiger partial charge < -0.3 is 9.47 Å². The number of ether oxygens (including phenoxy) is 2. The first-order valence-electron chi connectivity index (χ1n) is 9.40. The molecule has 1 aromatic carbocycles. The first-order chi connectivity index (χ1) is 14.1. The second-order valence-corrected chi connectivity index (χ2v) is 8.99. The monoisotopic (exact) mass is 437 g/mol. The number of alkyl halides is 2. The molecular formula is C20H21F2N3O2S2. The number of thioether (sulfide) groups is 1. The molecule has 1 aliphatic rings. The third-order valence-electron chi connectivity index (χ3n) is 4.73. The maximum atomic E-state index is 12.3. The highest BCUT2D eigenvalue weighted by molar-refractivity contribution is 7.99. The SMILES string of the molecule is CC(Sc1nnc(-c2cccs2)n1CC1CCCO1)c1ccc(OC(F)F)cc1. The molecule has 0 N–H and O–H groups in total. The van der Waals surface area contributed by atoms with Crippen LogP contribution in [0.2, 0.25) is 0 Å². The van der Waals surface area contributed by atoms with E-state index in [4.69, 9.17) is 4.74 Å². The van der Waals surface area contributed by atoms with Gasteiger partial charge in [0.1, 0.15) is 5.75 Å². The van der Waals surface area contributed by atoms with Crippen molar-refractivity contribution in [3.8, 4) is 16.5 Å². The molecule has 9 heteroatoms. The van der Waals surface area contributed by atoms with Crippen molar-refractivity contribution >= 4 is 23.1 Å². The van der Waals surface area contributed by atoms with E-state index in [2.05, 4.69) is 26.4 Å². The van der Waals surface area contributed by atoms with Gasteiger partial charge in [-0.25, -0.2) is 0 Å². The van der Waals surface area contributed by atoms with E-state index in [1.165, 1.54) is 0 Å². The number of hydrogen-bond donors (Lipinski definition) is 0. The summed E-state index contributed by atoms with van der Waals surface area (Å²) in [4.78, 5) is 1.07. The van der Waals surface area contributed by atoms with E-state index in [0.29, 0.717) is 0 Å². The summed E-state index contributed by atoms with van der Waals surface area (Å²) in [6.45, 7) is 0.757. The predicted molar refractivity (Wildman–Crippen MR) is 110 cm³/mol.